The maximum Gasteiger partial charge on any atom is 0.0409 e. The highest BCUT2D eigenvalue weighted by atomic mass is 14.8. The number of rotatable bonds is 3. The zero-order valence-corrected chi connectivity index (χ0v) is 18.2. The standard InChI is InChI=1S/C31H25N/c1-22-9-3-8-14-31(22)32-21-28-18-17-26(19-23(2)29-12-6-7-13-30(28)29)27-16-15-24-10-4-5-11-25(24)20-27/h3-21,32H,2H2,1H3/b18-17-,26-19+,28-21-. The Bertz CT molecular complexity index is 1420. The number of allylic oxidation sites excluding steroid dienone is 6. The molecule has 154 valence electrons. The normalized spacial score (nSPS) is 17.2. The number of hydrogen-bond donors (Lipinski definition) is 1. The number of para-hydroxylation sites is 1. The summed E-state index contributed by atoms with van der Waals surface area (Å²) in [5.74, 6) is 0. The first-order valence-electron chi connectivity index (χ1n) is 10.9. The van der Waals surface area contributed by atoms with Crippen LogP contribution in [0.4, 0.5) is 5.69 Å². The Kier molecular flexibility index (Phi) is 5.31. The van der Waals surface area contributed by atoms with Gasteiger partial charge in [-0.15, -0.1) is 0 Å². The minimum Gasteiger partial charge on any atom is -0.361 e. The number of nitrogens with one attached hydrogen (secondary N) is 1. The van der Waals surface area contributed by atoms with E-state index in [9.17, 15) is 0 Å². The lowest BCUT2D eigenvalue weighted by Gasteiger charge is -2.16. The molecular weight excluding hydrogens is 386 g/mol. The van der Waals surface area contributed by atoms with Gasteiger partial charge in [0.2, 0.25) is 0 Å². The molecule has 0 unspecified atom stereocenters. The fourth-order valence-corrected chi connectivity index (χ4v) is 4.16. The lowest BCUT2D eigenvalue weighted by molar-refractivity contribution is 1.43. The molecule has 0 aliphatic heterocycles. The van der Waals surface area contributed by atoms with Gasteiger partial charge in [-0.3, -0.25) is 0 Å². The molecule has 0 amide bonds. The monoisotopic (exact) mass is 411 g/mol. The minimum absolute atomic E-state index is 1.01. The Hall–Kier alpha value is -4.10. The van der Waals surface area contributed by atoms with Crippen LogP contribution in [0.15, 0.2) is 122 Å². The smallest absolute Gasteiger partial charge is 0.0409 e. The molecule has 0 fully saturated rings. The van der Waals surface area contributed by atoms with Crippen molar-refractivity contribution >= 4 is 33.2 Å². The molecule has 4 aromatic rings. The zero-order chi connectivity index (χ0) is 21.9. The van der Waals surface area contributed by atoms with Crippen molar-refractivity contribution in [1.29, 1.82) is 0 Å². The molecule has 1 nitrogen and oxygen atoms in total. The van der Waals surface area contributed by atoms with E-state index in [0.29, 0.717) is 0 Å². The Morgan fingerprint density at radius 1 is 0.719 bits per heavy atom. The largest absolute Gasteiger partial charge is 0.361 e. The summed E-state index contributed by atoms with van der Waals surface area (Å²) >= 11 is 0. The number of benzene rings is 4. The van der Waals surface area contributed by atoms with E-state index in [1.165, 1.54) is 27.5 Å². The zero-order valence-electron chi connectivity index (χ0n) is 18.2. The summed E-state index contributed by atoms with van der Waals surface area (Å²) in [5.41, 5.74) is 9.11. The number of hydrogen-bond acceptors (Lipinski definition) is 1. The van der Waals surface area contributed by atoms with E-state index in [-0.39, 0.29) is 0 Å². The molecule has 0 saturated heterocycles. The predicted octanol–water partition coefficient (Wildman–Crippen LogP) is 8.27. The average molecular weight is 412 g/mol. The van der Waals surface area contributed by atoms with E-state index in [2.05, 4.69) is 134 Å². The molecule has 0 spiro atoms. The SMILES string of the molecule is C=C1\C=C(c2ccc3ccccc3c2)/C=C\C(=C\Nc2ccccc2C)c2ccccc21. The third kappa shape index (κ3) is 3.93. The molecule has 0 heterocycles. The summed E-state index contributed by atoms with van der Waals surface area (Å²) in [7, 11) is 0. The molecule has 0 aromatic heterocycles. The molecule has 4 aromatic carbocycles. The van der Waals surface area contributed by atoms with Crippen molar-refractivity contribution in [1.82, 2.24) is 0 Å². The molecule has 0 atom stereocenters. The van der Waals surface area contributed by atoms with Gasteiger partial charge in [0.25, 0.3) is 0 Å². The van der Waals surface area contributed by atoms with Gasteiger partial charge in [0.1, 0.15) is 0 Å². The van der Waals surface area contributed by atoms with E-state index in [0.717, 1.165) is 28.0 Å². The number of fused-ring (bicyclic) bond motifs is 2. The fraction of sp³-hybridized carbons (Fsp3) is 0.0323. The van der Waals surface area contributed by atoms with Gasteiger partial charge in [0, 0.05) is 11.9 Å². The number of anilines is 1. The topological polar surface area (TPSA) is 12.0 Å². The third-order valence-corrected chi connectivity index (χ3v) is 5.97. The summed E-state index contributed by atoms with van der Waals surface area (Å²) in [6.07, 6.45) is 8.66. The van der Waals surface area contributed by atoms with Gasteiger partial charge in [0.15, 0.2) is 0 Å². The van der Waals surface area contributed by atoms with Crippen molar-refractivity contribution in [3.8, 4) is 0 Å². The summed E-state index contributed by atoms with van der Waals surface area (Å²) in [4.78, 5) is 0. The van der Waals surface area contributed by atoms with Crippen LogP contribution in [0.25, 0.3) is 27.5 Å². The molecule has 0 radical (unpaired) electrons. The van der Waals surface area contributed by atoms with Gasteiger partial charge >= 0.3 is 0 Å². The second-order valence-corrected chi connectivity index (χ2v) is 8.12. The van der Waals surface area contributed by atoms with Gasteiger partial charge in [-0.05, 0) is 74.9 Å². The van der Waals surface area contributed by atoms with Crippen LogP contribution in [0.1, 0.15) is 22.3 Å². The van der Waals surface area contributed by atoms with Crippen LogP contribution >= 0.6 is 0 Å². The minimum atomic E-state index is 1.01. The second-order valence-electron chi connectivity index (χ2n) is 8.12. The van der Waals surface area contributed by atoms with E-state index < -0.39 is 0 Å². The van der Waals surface area contributed by atoms with Crippen LogP contribution < -0.4 is 5.32 Å². The maximum atomic E-state index is 4.40. The summed E-state index contributed by atoms with van der Waals surface area (Å²) in [6, 6.07) is 31.9. The molecule has 0 bridgehead atoms. The Morgan fingerprint density at radius 3 is 2.28 bits per heavy atom. The molecule has 1 aliphatic rings. The first-order valence-corrected chi connectivity index (χ1v) is 10.9. The Morgan fingerprint density at radius 2 is 1.44 bits per heavy atom. The molecule has 1 N–H and O–H groups in total. The number of aryl methyl sites for hydroxylation is 1. The van der Waals surface area contributed by atoms with Gasteiger partial charge in [0.05, 0.1) is 0 Å². The van der Waals surface area contributed by atoms with Crippen LogP contribution in [0.3, 0.4) is 0 Å². The highest BCUT2D eigenvalue weighted by molar-refractivity contribution is 5.97. The molecule has 5 rings (SSSR count). The van der Waals surface area contributed by atoms with Crippen molar-refractivity contribution in [3.63, 3.8) is 0 Å². The predicted molar refractivity (Wildman–Crippen MR) is 139 cm³/mol. The van der Waals surface area contributed by atoms with Crippen LogP contribution in [0.2, 0.25) is 0 Å². The van der Waals surface area contributed by atoms with E-state index in [4.69, 9.17) is 0 Å². The highest BCUT2D eigenvalue weighted by Gasteiger charge is 2.12. The van der Waals surface area contributed by atoms with Crippen LogP contribution in [-0.2, 0) is 0 Å². The summed E-state index contributed by atoms with van der Waals surface area (Å²) < 4.78 is 0. The summed E-state index contributed by atoms with van der Waals surface area (Å²) in [5, 5.41) is 5.99. The molecule has 32 heavy (non-hydrogen) atoms. The van der Waals surface area contributed by atoms with Gasteiger partial charge in [-0.2, -0.15) is 0 Å². The van der Waals surface area contributed by atoms with Crippen molar-refractivity contribution in [2.75, 3.05) is 5.32 Å². The lowest BCUT2D eigenvalue weighted by Crippen LogP contribution is -1.98. The van der Waals surface area contributed by atoms with Crippen molar-refractivity contribution in [2.45, 2.75) is 6.92 Å². The van der Waals surface area contributed by atoms with E-state index >= 15 is 0 Å². The molecule has 1 heteroatoms. The van der Waals surface area contributed by atoms with Crippen molar-refractivity contribution in [3.05, 3.63) is 144 Å². The van der Waals surface area contributed by atoms with Crippen LogP contribution in [0, 0.1) is 6.92 Å². The van der Waals surface area contributed by atoms with Gasteiger partial charge < -0.3 is 5.32 Å². The highest BCUT2D eigenvalue weighted by Crippen LogP contribution is 2.33. The third-order valence-electron chi connectivity index (χ3n) is 5.97. The quantitative estimate of drug-likeness (QED) is 0.358. The Labute approximate surface area is 189 Å². The summed E-state index contributed by atoms with van der Waals surface area (Å²) in [6.45, 7) is 6.52. The Balaban J connectivity index is 1.60. The van der Waals surface area contributed by atoms with E-state index in [1.54, 1.807) is 0 Å². The van der Waals surface area contributed by atoms with E-state index in [1.807, 2.05) is 0 Å². The van der Waals surface area contributed by atoms with Crippen LogP contribution in [0.5, 0.6) is 0 Å². The first-order chi connectivity index (χ1) is 15.7. The van der Waals surface area contributed by atoms with Gasteiger partial charge in [-0.1, -0.05) is 97.6 Å². The van der Waals surface area contributed by atoms with Crippen molar-refractivity contribution < 1.29 is 0 Å². The molecular formula is C31H25N. The maximum absolute atomic E-state index is 4.40. The molecule has 1 aliphatic carbocycles. The second kappa shape index (κ2) is 8.56. The molecule has 0 saturated carbocycles. The van der Waals surface area contributed by atoms with Crippen LogP contribution in [-0.4, -0.2) is 0 Å². The van der Waals surface area contributed by atoms with Crippen molar-refractivity contribution in [2.24, 2.45) is 0 Å². The van der Waals surface area contributed by atoms with Gasteiger partial charge in [-0.25, -0.2) is 0 Å². The lowest BCUT2D eigenvalue weighted by atomic mass is 9.89. The fourth-order valence-electron chi connectivity index (χ4n) is 4.16. The average Bonchev–Trinajstić information content (AvgIpc) is 2.83. The first kappa shape index (κ1) is 19.8.